The van der Waals surface area contributed by atoms with Gasteiger partial charge >= 0.3 is 0 Å². The second kappa shape index (κ2) is 7.09. The zero-order valence-corrected chi connectivity index (χ0v) is 14.7. The Morgan fingerprint density at radius 3 is 2.50 bits per heavy atom. The van der Waals surface area contributed by atoms with Gasteiger partial charge < -0.3 is 20.3 Å². The molecule has 5 heteroatoms. The maximum atomic E-state index is 5.93. The second-order valence-electron chi connectivity index (χ2n) is 6.37. The van der Waals surface area contributed by atoms with E-state index >= 15 is 0 Å². The van der Waals surface area contributed by atoms with Crippen molar-refractivity contribution in [3.05, 3.63) is 47.2 Å². The highest BCUT2D eigenvalue weighted by Crippen LogP contribution is 2.27. The number of aryl methyl sites for hydroxylation is 1. The monoisotopic (exact) mass is 326 g/mol. The molecule has 1 aromatic carbocycles. The lowest BCUT2D eigenvalue weighted by Crippen LogP contribution is -2.47. The summed E-state index contributed by atoms with van der Waals surface area (Å²) in [5, 5.41) is 0. The summed E-state index contributed by atoms with van der Waals surface area (Å²) in [6.07, 6.45) is 1.90. The SMILES string of the molecule is COCc1cc(N)ccc1N1CCN(c2nccc(C)c2C)CC1. The Kier molecular flexibility index (Phi) is 4.90. The van der Waals surface area contributed by atoms with Crippen LogP contribution >= 0.6 is 0 Å². The fraction of sp³-hybridized carbons (Fsp3) is 0.421. The summed E-state index contributed by atoms with van der Waals surface area (Å²) in [4.78, 5) is 9.38. The second-order valence-corrected chi connectivity index (χ2v) is 6.37. The number of aromatic nitrogens is 1. The molecule has 0 amide bonds. The number of hydrogen-bond donors (Lipinski definition) is 1. The quantitative estimate of drug-likeness (QED) is 0.876. The minimum absolute atomic E-state index is 0.582. The normalized spacial score (nSPS) is 15.0. The lowest BCUT2D eigenvalue weighted by atomic mass is 10.1. The fourth-order valence-electron chi connectivity index (χ4n) is 3.28. The zero-order chi connectivity index (χ0) is 17.1. The van der Waals surface area contributed by atoms with Gasteiger partial charge in [0.05, 0.1) is 6.61 Å². The molecule has 1 aliphatic heterocycles. The highest BCUT2D eigenvalue weighted by Gasteiger charge is 2.21. The molecule has 24 heavy (non-hydrogen) atoms. The molecule has 2 heterocycles. The number of anilines is 3. The first-order chi connectivity index (χ1) is 11.6. The molecule has 128 valence electrons. The number of rotatable bonds is 4. The molecule has 3 rings (SSSR count). The Bertz CT molecular complexity index is 709. The van der Waals surface area contributed by atoms with Gasteiger partial charge in [0, 0.05) is 56.4 Å². The van der Waals surface area contributed by atoms with Crippen molar-refractivity contribution >= 4 is 17.2 Å². The third kappa shape index (κ3) is 3.31. The van der Waals surface area contributed by atoms with E-state index in [-0.39, 0.29) is 0 Å². The molecule has 0 saturated carbocycles. The Morgan fingerprint density at radius 1 is 1.08 bits per heavy atom. The Morgan fingerprint density at radius 2 is 1.79 bits per heavy atom. The molecule has 0 radical (unpaired) electrons. The highest BCUT2D eigenvalue weighted by molar-refractivity contribution is 5.61. The van der Waals surface area contributed by atoms with Crippen LogP contribution in [0, 0.1) is 13.8 Å². The van der Waals surface area contributed by atoms with Crippen LogP contribution < -0.4 is 15.5 Å². The van der Waals surface area contributed by atoms with Crippen molar-refractivity contribution < 1.29 is 4.74 Å². The Labute approximate surface area is 144 Å². The van der Waals surface area contributed by atoms with Gasteiger partial charge in [0.25, 0.3) is 0 Å². The number of piperazine rings is 1. The van der Waals surface area contributed by atoms with Crippen molar-refractivity contribution in [2.45, 2.75) is 20.5 Å². The largest absolute Gasteiger partial charge is 0.399 e. The van der Waals surface area contributed by atoms with Gasteiger partial charge in [-0.1, -0.05) is 0 Å². The number of nitrogen functional groups attached to an aromatic ring is 1. The lowest BCUT2D eigenvalue weighted by molar-refractivity contribution is 0.185. The minimum Gasteiger partial charge on any atom is -0.399 e. The molecular formula is C19H26N4O. The molecule has 2 N–H and O–H groups in total. The third-order valence-corrected chi connectivity index (χ3v) is 4.77. The van der Waals surface area contributed by atoms with E-state index < -0.39 is 0 Å². The summed E-state index contributed by atoms with van der Waals surface area (Å²) in [5.41, 5.74) is 11.6. The summed E-state index contributed by atoms with van der Waals surface area (Å²) in [6.45, 7) is 8.75. The number of hydrogen-bond acceptors (Lipinski definition) is 5. The molecule has 0 spiro atoms. The van der Waals surface area contributed by atoms with E-state index in [1.807, 2.05) is 18.3 Å². The van der Waals surface area contributed by atoms with Crippen LogP contribution in [0.2, 0.25) is 0 Å². The van der Waals surface area contributed by atoms with E-state index in [4.69, 9.17) is 10.5 Å². The van der Waals surface area contributed by atoms with Crippen LogP contribution in [0.5, 0.6) is 0 Å². The number of pyridine rings is 1. The van der Waals surface area contributed by atoms with Crippen molar-refractivity contribution in [1.29, 1.82) is 0 Å². The molecule has 1 fully saturated rings. The van der Waals surface area contributed by atoms with Crippen molar-refractivity contribution in [3.63, 3.8) is 0 Å². The summed E-state index contributed by atoms with van der Waals surface area (Å²) in [5.74, 6) is 1.11. The van der Waals surface area contributed by atoms with Crippen molar-refractivity contribution in [2.75, 3.05) is 48.8 Å². The molecule has 1 aromatic heterocycles. The van der Waals surface area contributed by atoms with E-state index in [1.165, 1.54) is 16.8 Å². The predicted octanol–water partition coefficient (Wildman–Crippen LogP) is 2.75. The summed E-state index contributed by atoms with van der Waals surface area (Å²) in [6, 6.07) is 8.15. The van der Waals surface area contributed by atoms with E-state index in [0.29, 0.717) is 6.61 Å². The first-order valence-corrected chi connectivity index (χ1v) is 8.39. The van der Waals surface area contributed by atoms with Gasteiger partial charge in [-0.15, -0.1) is 0 Å². The predicted molar refractivity (Wildman–Crippen MR) is 99.7 cm³/mol. The molecule has 1 saturated heterocycles. The molecular weight excluding hydrogens is 300 g/mol. The molecule has 1 aliphatic rings. The zero-order valence-electron chi connectivity index (χ0n) is 14.7. The van der Waals surface area contributed by atoms with Crippen molar-refractivity contribution in [2.24, 2.45) is 0 Å². The summed E-state index contributed by atoms with van der Waals surface area (Å²) in [7, 11) is 1.72. The number of nitrogens with zero attached hydrogens (tertiary/aromatic N) is 3. The average molecular weight is 326 g/mol. The van der Waals surface area contributed by atoms with Gasteiger partial charge in [-0.25, -0.2) is 4.98 Å². The number of ether oxygens (including phenoxy) is 1. The van der Waals surface area contributed by atoms with Crippen LogP contribution in [0.25, 0.3) is 0 Å². The van der Waals surface area contributed by atoms with Crippen molar-refractivity contribution in [1.82, 2.24) is 4.98 Å². The van der Waals surface area contributed by atoms with Crippen LogP contribution in [0.15, 0.2) is 30.5 Å². The average Bonchev–Trinajstić information content (AvgIpc) is 2.58. The van der Waals surface area contributed by atoms with Crippen LogP contribution in [0.3, 0.4) is 0 Å². The maximum absolute atomic E-state index is 5.93. The van der Waals surface area contributed by atoms with Crippen molar-refractivity contribution in [3.8, 4) is 0 Å². The molecule has 2 aromatic rings. The summed E-state index contributed by atoms with van der Waals surface area (Å²) >= 11 is 0. The van der Waals surface area contributed by atoms with Crippen LogP contribution in [0.4, 0.5) is 17.2 Å². The van der Waals surface area contributed by atoms with Gasteiger partial charge in [0.15, 0.2) is 0 Å². The highest BCUT2D eigenvalue weighted by atomic mass is 16.5. The number of nitrogens with two attached hydrogens (primary N) is 1. The van der Waals surface area contributed by atoms with Gasteiger partial charge in [-0.05, 0) is 49.2 Å². The summed E-state index contributed by atoms with van der Waals surface area (Å²) < 4.78 is 5.33. The van der Waals surface area contributed by atoms with E-state index in [9.17, 15) is 0 Å². The van der Waals surface area contributed by atoms with Gasteiger partial charge in [0.1, 0.15) is 5.82 Å². The van der Waals surface area contributed by atoms with Crippen LogP contribution in [-0.2, 0) is 11.3 Å². The van der Waals surface area contributed by atoms with E-state index in [2.05, 4.69) is 40.8 Å². The van der Waals surface area contributed by atoms with Crippen LogP contribution in [-0.4, -0.2) is 38.3 Å². The van der Waals surface area contributed by atoms with Gasteiger partial charge in [0.2, 0.25) is 0 Å². The van der Waals surface area contributed by atoms with Crippen LogP contribution in [0.1, 0.15) is 16.7 Å². The molecule has 0 aliphatic carbocycles. The number of methoxy groups -OCH3 is 1. The first-order valence-electron chi connectivity index (χ1n) is 8.39. The lowest BCUT2D eigenvalue weighted by Gasteiger charge is -2.38. The third-order valence-electron chi connectivity index (χ3n) is 4.77. The topological polar surface area (TPSA) is 54.6 Å². The smallest absolute Gasteiger partial charge is 0.131 e. The van der Waals surface area contributed by atoms with E-state index in [1.54, 1.807) is 7.11 Å². The molecule has 5 nitrogen and oxygen atoms in total. The Balaban J connectivity index is 1.75. The van der Waals surface area contributed by atoms with Gasteiger partial charge in [-0.2, -0.15) is 0 Å². The number of benzene rings is 1. The molecule has 0 bridgehead atoms. The first kappa shape index (κ1) is 16.6. The molecule has 0 unspecified atom stereocenters. The molecule has 0 atom stereocenters. The maximum Gasteiger partial charge on any atom is 0.131 e. The van der Waals surface area contributed by atoms with E-state index in [0.717, 1.165) is 43.2 Å². The standard InChI is InChI=1S/C19H26N4O/c1-14-6-7-21-19(15(14)2)23-10-8-22(9-11-23)18-5-4-17(20)12-16(18)13-24-3/h4-7,12H,8-11,13,20H2,1-3H3. The van der Waals surface area contributed by atoms with Gasteiger partial charge in [-0.3, -0.25) is 0 Å². The fourth-order valence-corrected chi connectivity index (χ4v) is 3.28. The minimum atomic E-state index is 0.582. The Hall–Kier alpha value is -2.27.